The normalized spacial score (nSPS) is 11.3. The van der Waals surface area contributed by atoms with Crippen molar-refractivity contribution in [3.63, 3.8) is 0 Å². The zero-order valence-corrected chi connectivity index (χ0v) is 16.9. The minimum absolute atomic E-state index is 0.00443. The highest BCUT2D eigenvalue weighted by molar-refractivity contribution is 6.33. The molecule has 0 fully saturated rings. The highest BCUT2D eigenvalue weighted by atomic mass is 35.5. The van der Waals surface area contributed by atoms with E-state index in [0.29, 0.717) is 22.0 Å². The standard InChI is InChI=1S/C20H12ClF2N7O2/c21-15-4-2-1-3-14(15)18-25-16(32-27-18)9-29-10-24-19-17(20(29)31)26-28-30(19)8-11-5-12(22)7-13(23)6-11/h1-7,10H,8-9H2. The molecule has 5 aromatic rings. The lowest BCUT2D eigenvalue weighted by Gasteiger charge is -2.04. The predicted octanol–water partition coefficient (Wildman–Crippen LogP) is 3.07. The summed E-state index contributed by atoms with van der Waals surface area (Å²) in [6.07, 6.45) is 1.29. The van der Waals surface area contributed by atoms with Crippen LogP contribution in [0, 0.1) is 11.6 Å². The fourth-order valence-electron chi connectivity index (χ4n) is 3.20. The molecule has 0 aliphatic carbocycles. The van der Waals surface area contributed by atoms with Crippen molar-refractivity contribution in [2.45, 2.75) is 13.1 Å². The summed E-state index contributed by atoms with van der Waals surface area (Å²) < 4.78 is 34.7. The van der Waals surface area contributed by atoms with E-state index in [0.717, 1.165) is 6.07 Å². The molecule has 0 saturated carbocycles. The lowest BCUT2D eigenvalue weighted by molar-refractivity contribution is 0.369. The summed E-state index contributed by atoms with van der Waals surface area (Å²) in [6, 6.07) is 10.1. The molecule has 160 valence electrons. The van der Waals surface area contributed by atoms with Gasteiger partial charge in [0.1, 0.15) is 24.5 Å². The predicted molar refractivity (Wildman–Crippen MR) is 109 cm³/mol. The van der Waals surface area contributed by atoms with E-state index in [2.05, 4.69) is 25.4 Å². The van der Waals surface area contributed by atoms with E-state index in [9.17, 15) is 13.6 Å². The van der Waals surface area contributed by atoms with Gasteiger partial charge in [0.15, 0.2) is 11.2 Å². The average molecular weight is 456 g/mol. The Morgan fingerprint density at radius 3 is 2.62 bits per heavy atom. The first-order valence-corrected chi connectivity index (χ1v) is 9.67. The Labute approximate surface area is 182 Å². The van der Waals surface area contributed by atoms with E-state index in [1.165, 1.54) is 27.7 Å². The molecule has 2 aromatic carbocycles. The molecule has 0 aliphatic heterocycles. The molecule has 3 aromatic heterocycles. The second-order valence-electron chi connectivity index (χ2n) is 6.87. The molecule has 0 spiro atoms. The van der Waals surface area contributed by atoms with Gasteiger partial charge in [0.05, 0.1) is 11.6 Å². The third kappa shape index (κ3) is 3.73. The number of nitrogens with zero attached hydrogens (tertiary/aromatic N) is 7. The molecular formula is C20H12ClF2N7O2. The summed E-state index contributed by atoms with van der Waals surface area (Å²) >= 11 is 6.15. The maximum atomic E-state index is 13.4. The minimum Gasteiger partial charge on any atom is -0.337 e. The van der Waals surface area contributed by atoms with Crippen LogP contribution in [-0.4, -0.2) is 34.7 Å². The van der Waals surface area contributed by atoms with Crippen molar-refractivity contribution in [1.29, 1.82) is 0 Å². The van der Waals surface area contributed by atoms with E-state index in [1.807, 2.05) is 0 Å². The summed E-state index contributed by atoms with van der Waals surface area (Å²) in [7, 11) is 0. The smallest absolute Gasteiger partial charge is 0.283 e. The summed E-state index contributed by atoms with van der Waals surface area (Å²) in [5, 5.41) is 12.1. The van der Waals surface area contributed by atoms with Gasteiger partial charge < -0.3 is 4.52 Å². The SMILES string of the molecule is O=c1c2nnn(Cc3cc(F)cc(F)c3)c2ncn1Cc1nc(-c2ccccc2Cl)no1. The first-order chi connectivity index (χ1) is 15.5. The van der Waals surface area contributed by atoms with Crippen molar-refractivity contribution in [2.24, 2.45) is 0 Å². The van der Waals surface area contributed by atoms with Gasteiger partial charge in [0, 0.05) is 11.6 Å². The van der Waals surface area contributed by atoms with Crippen LogP contribution >= 0.6 is 11.6 Å². The lowest BCUT2D eigenvalue weighted by Crippen LogP contribution is -2.21. The van der Waals surface area contributed by atoms with Gasteiger partial charge >= 0.3 is 0 Å². The van der Waals surface area contributed by atoms with E-state index < -0.39 is 17.2 Å². The molecule has 0 atom stereocenters. The van der Waals surface area contributed by atoms with Gasteiger partial charge in [-0.05, 0) is 29.8 Å². The quantitative estimate of drug-likeness (QED) is 0.401. The first kappa shape index (κ1) is 19.9. The summed E-state index contributed by atoms with van der Waals surface area (Å²) in [6.45, 7) is -0.0479. The molecule has 0 amide bonds. The molecule has 5 rings (SSSR count). The molecule has 9 nitrogen and oxygen atoms in total. The molecule has 3 heterocycles. The van der Waals surface area contributed by atoms with Crippen LogP contribution in [0.5, 0.6) is 0 Å². The van der Waals surface area contributed by atoms with Crippen LogP contribution in [0.3, 0.4) is 0 Å². The number of benzene rings is 2. The highest BCUT2D eigenvalue weighted by Crippen LogP contribution is 2.24. The second-order valence-corrected chi connectivity index (χ2v) is 7.27. The van der Waals surface area contributed by atoms with Crippen molar-refractivity contribution in [3.8, 4) is 11.4 Å². The average Bonchev–Trinajstić information content (AvgIpc) is 3.37. The molecule has 0 N–H and O–H groups in total. The molecule has 0 bridgehead atoms. The number of halogens is 3. The van der Waals surface area contributed by atoms with E-state index in [4.69, 9.17) is 16.1 Å². The third-order valence-corrected chi connectivity index (χ3v) is 4.96. The largest absolute Gasteiger partial charge is 0.337 e. The third-order valence-electron chi connectivity index (χ3n) is 4.63. The van der Waals surface area contributed by atoms with Gasteiger partial charge in [0.25, 0.3) is 5.56 Å². The molecular weight excluding hydrogens is 444 g/mol. The molecule has 0 aliphatic rings. The second kappa shape index (κ2) is 7.93. The topological polar surface area (TPSA) is 105 Å². The Morgan fingerprint density at radius 2 is 1.84 bits per heavy atom. The summed E-state index contributed by atoms with van der Waals surface area (Å²) in [4.78, 5) is 21.3. The van der Waals surface area contributed by atoms with Crippen LogP contribution in [0.1, 0.15) is 11.5 Å². The molecule has 0 radical (unpaired) electrons. The monoisotopic (exact) mass is 455 g/mol. The maximum Gasteiger partial charge on any atom is 0.283 e. The summed E-state index contributed by atoms with van der Waals surface area (Å²) in [5.41, 5.74) is 0.609. The summed E-state index contributed by atoms with van der Waals surface area (Å²) in [5.74, 6) is -0.961. The fourth-order valence-corrected chi connectivity index (χ4v) is 3.42. The first-order valence-electron chi connectivity index (χ1n) is 9.29. The van der Waals surface area contributed by atoms with Crippen molar-refractivity contribution >= 4 is 22.8 Å². The van der Waals surface area contributed by atoms with Crippen molar-refractivity contribution in [1.82, 2.24) is 34.7 Å². The fraction of sp³-hybridized carbons (Fsp3) is 0.100. The van der Waals surface area contributed by atoms with Crippen LogP contribution in [0.4, 0.5) is 8.78 Å². The number of hydrogen-bond acceptors (Lipinski definition) is 7. The minimum atomic E-state index is -0.713. The van der Waals surface area contributed by atoms with E-state index in [1.54, 1.807) is 24.3 Å². The number of fused-ring (bicyclic) bond motifs is 1. The van der Waals surface area contributed by atoms with Crippen LogP contribution in [-0.2, 0) is 13.1 Å². The lowest BCUT2D eigenvalue weighted by atomic mass is 10.2. The zero-order valence-electron chi connectivity index (χ0n) is 16.1. The Hall–Kier alpha value is -3.99. The van der Waals surface area contributed by atoms with Gasteiger partial charge in [-0.2, -0.15) is 4.98 Å². The van der Waals surface area contributed by atoms with Crippen LogP contribution in [0.25, 0.3) is 22.6 Å². The Bertz CT molecular complexity index is 1490. The Balaban J connectivity index is 1.42. The molecule has 12 heteroatoms. The van der Waals surface area contributed by atoms with Crippen molar-refractivity contribution in [2.75, 3.05) is 0 Å². The van der Waals surface area contributed by atoms with Crippen LogP contribution in [0.2, 0.25) is 5.02 Å². The van der Waals surface area contributed by atoms with Gasteiger partial charge in [-0.25, -0.2) is 18.4 Å². The maximum absolute atomic E-state index is 13.4. The van der Waals surface area contributed by atoms with Gasteiger partial charge in [-0.15, -0.1) is 5.10 Å². The van der Waals surface area contributed by atoms with Crippen molar-refractivity contribution < 1.29 is 13.3 Å². The van der Waals surface area contributed by atoms with Gasteiger partial charge in [-0.3, -0.25) is 9.36 Å². The van der Waals surface area contributed by atoms with Crippen LogP contribution in [0.15, 0.2) is 58.1 Å². The number of hydrogen-bond donors (Lipinski definition) is 0. The van der Waals surface area contributed by atoms with Crippen molar-refractivity contribution in [3.05, 3.63) is 87.3 Å². The zero-order chi connectivity index (χ0) is 22.2. The Kier molecular flexibility index (Phi) is 4.94. The van der Waals surface area contributed by atoms with E-state index in [-0.39, 0.29) is 30.1 Å². The van der Waals surface area contributed by atoms with Crippen LogP contribution < -0.4 is 5.56 Å². The Morgan fingerprint density at radius 1 is 1.06 bits per heavy atom. The van der Waals surface area contributed by atoms with Gasteiger partial charge in [-0.1, -0.05) is 34.1 Å². The van der Waals surface area contributed by atoms with E-state index >= 15 is 0 Å². The molecule has 0 saturated heterocycles. The van der Waals surface area contributed by atoms with Gasteiger partial charge in [0.2, 0.25) is 11.7 Å². The molecule has 32 heavy (non-hydrogen) atoms. The molecule has 0 unspecified atom stereocenters. The number of aromatic nitrogens is 7. The number of rotatable bonds is 5. The highest BCUT2D eigenvalue weighted by Gasteiger charge is 2.16.